The first kappa shape index (κ1) is 22.5. The second-order valence-electron chi connectivity index (χ2n) is 7.12. The van der Waals surface area contributed by atoms with Gasteiger partial charge in [0.25, 0.3) is 0 Å². The summed E-state index contributed by atoms with van der Waals surface area (Å²) in [5.41, 5.74) is 11.1. The summed E-state index contributed by atoms with van der Waals surface area (Å²) in [4.78, 5) is 4.27. The van der Waals surface area contributed by atoms with E-state index in [1.807, 2.05) is 45.9 Å². The molecule has 0 radical (unpaired) electrons. The fourth-order valence-corrected chi connectivity index (χ4v) is 2.31. The van der Waals surface area contributed by atoms with E-state index in [1.165, 1.54) is 27.8 Å². The lowest BCUT2D eigenvalue weighted by Crippen LogP contribution is -1.88. The number of nitrogens with zero attached hydrogens (tertiary/aromatic N) is 3. The predicted molar refractivity (Wildman–Crippen MR) is 115 cm³/mol. The lowest BCUT2D eigenvalue weighted by atomic mass is 10.0. The van der Waals surface area contributed by atoms with E-state index in [4.69, 9.17) is 0 Å². The molecule has 0 bridgehead atoms. The molecule has 1 aromatic carbocycles. The molecule has 3 aromatic rings. The SMILES string of the molecule is Cc1ccc(C)c(C)c1C.Cc1ccc(C)c(C)n1.Cc1ccc(C)nn1. The zero-order valence-corrected chi connectivity index (χ0v) is 18.3. The first-order valence-corrected chi connectivity index (χ1v) is 9.33. The van der Waals surface area contributed by atoms with Crippen molar-refractivity contribution in [1.29, 1.82) is 0 Å². The van der Waals surface area contributed by atoms with Crippen molar-refractivity contribution in [3.05, 3.63) is 87.0 Å². The highest BCUT2D eigenvalue weighted by Crippen LogP contribution is 2.15. The zero-order chi connectivity index (χ0) is 20.6. The molecule has 3 heteroatoms. The first-order chi connectivity index (χ1) is 12.6. The maximum atomic E-state index is 4.27. The highest BCUT2D eigenvalue weighted by molar-refractivity contribution is 5.37. The van der Waals surface area contributed by atoms with E-state index in [0.29, 0.717) is 0 Å². The number of aromatic nitrogens is 3. The molecule has 27 heavy (non-hydrogen) atoms. The van der Waals surface area contributed by atoms with Gasteiger partial charge in [0, 0.05) is 11.4 Å². The van der Waals surface area contributed by atoms with Gasteiger partial charge in [0.15, 0.2) is 0 Å². The van der Waals surface area contributed by atoms with Crippen molar-refractivity contribution in [3.63, 3.8) is 0 Å². The summed E-state index contributed by atoms with van der Waals surface area (Å²) in [6, 6.07) is 12.4. The molecule has 3 nitrogen and oxygen atoms in total. The fraction of sp³-hybridized carbons (Fsp3) is 0.375. The Labute approximate surface area is 164 Å². The summed E-state index contributed by atoms with van der Waals surface area (Å²) in [5.74, 6) is 0. The van der Waals surface area contributed by atoms with E-state index in [9.17, 15) is 0 Å². The van der Waals surface area contributed by atoms with Crippen LogP contribution in [-0.2, 0) is 0 Å². The van der Waals surface area contributed by atoms with Gasteiger partial charge >= 0.3 is 0 Å². The Hall–Kier alpha value is -2.55. The van der Waals surface area contributed by atoms with Crippen LogP contribution in [0.5, 0.6) is 0 Å². The summed E-state index contributed by atoms with van der Waals surface area (Å²) < 4.78 is 0. The van der Waals surface area contributed by atoms with Gasteiger partial charge < -0.3 is 0 Å². The average molecular weight is 364 g/mol. The van der Waals surface area contributed by atoms with E-state index in [2.05, 4.69) is 68.0 Å². The molecule has 0 aliphatic rings. The Kier molecular flexibility index (Phi) is 8.80. The average Bonchev–Trinajstić information content (AvgIpc) is 2.63. The normalized spacial score (nSPS) is 9.67. The van der Waals surface area contributed by atoms with Gasteiger partial charge in [-0.1, -0.05) is 18.2 Å². The van der Waals surface area contributed by atoms with Gasteiger partial charge in [-0.3, -0.25) is 4.98 Å². The van der Waals surface area contributed by atoms with Crippen LogP contribution in [0, 0.1) is 62.3 Å². The summed E-state index contributed by atoms with van der Waals surface area (Å²) >= 11 is 0. The number of pyridine rings is 1. The lowest BCUT2D eigenvalue weighted by Gasteiger charge is -2.06. The lowest BCUT2D eigenvalue weighted by molar-refractivity contribution is 0.941. The van der Waals surface area contributed by atoms with Gasteiger partial charge in [-0.2, -0.15) is 10.2 Å². The quantitative estimate of drug-likeness (QED) is 0.490. The maximum absolute atomic E-state index is 4.27. The van der Waals surface area contributed by atoms with Crippen molar-refractivity contribution in [2.24, 2.45) is 0 Å². The molecule has 0 amide bonds. The third-order valence-electron chi connectivity index (χ3n) is 4.75. The van der Waals surface area contributed by atoms with Crippen molar-refractivity contribution in [2.75, 3.05) is 0 Å². The number of hydrogen-bond donors (Lipinski definition) is 0. The number of aryl methyl sites for hydroxylation is 7. The monoisotopic (exact) mass is 363 g/mol. The second kappa shape index (κ2) is 10.6. The molecule has 0 spiro atoms. The summed E-state index contributed by atoms with van der Waals surface area (Å²) in [5, 5.41) is 7.66. The van der Waals surface area contributed by atoms with Gasteiger partial charge in [-0.05, 0) is 108 Å². The molecular weight excluding hydrogens is 330 g/mol. The van der Waals surface area contributed by atoms with Crippen molar-refractivity contribution >= 4 is 0 Å². The van der Waals surface area contributed by atoms with E-state index in [-0.39, 0.29) is 0 Å². The van der Waals surface area contributed by atoms with Crippen molar-refractivity contribution < 1.29 is 0 Å². The molecule has 0 aliphatic carbocycles. The Balaban J connectivity index is 0.000000204. The summed E-state index contributed by atoms with van der Waals surface area (Å²) in [6.45, 7) is 18.6. The van der Waals surface area contributed by atoms with Crippen LogP contribution in [-0.4, -0.2) is 15.2 Å². The number of rotatable bonds is 0. The maximum Gasteiger partial charge on any atom is 0.0600 e. The van der Waals surface area contributed by atoms with Gasteiger partial charge in [0.1, 0.15) is 0 Å². The first-order valence-electron chi connectivity index (χ1n) is 9.33. The molecule has 0 aliphatic heterocycles. The van der Waals surface area contributed by atoms with Crippen molar-refractivity contribution in [1.82, 2.24) is 15.2 Å². The minimum absolute atomic E-state index is 0.968. The molecule has 3 rings (SSSR count). The summed E-state index contributed by atoms with van der Waals surface area (Å²) in [6.07, 6.45) is 0. The van der Waals surface area contributed by atoms with Crippen molar-refractivity contribution in [2.45, 2.75) is 62.3 Å². The summed E-state index contributed by atoms with van der Waals surface area (Å²) in [7, 11) is 0. The van der Waals surface area contributed by atoms with Crippen LogP contribution in [0.15, 0.2) is 36.4 Å². The zero-order valence-electron chi connectivity index (χ0n) is 18.3. The minimum Gasteiger partial charge on any atom is -0.258 e. The molecule has 2 heterocycles. The fourth-order valence-electron chi connectivity index (χ4n) is 2.31. The van der Waals surface area contributed by atoms with Crippen LogP contribution in [0.4, 0.5) is 0 Å². The van der Waals surface area contributed by atoms with Crippen LogP contribution >= 0.6 is 0 Å². The van der Waals surface area contributed by atoms with Crippen LogP contribution < -0.4 is 0 Å². The standard InChI is InChI=1S/C10H14.C8H11N.C6H8N2/c1-7-5-6-8(2)10(4)9(7)3;1-6-4-5-7(2)9-8(6)3;1-5-3-4-6(2)8-7-5/h5-6H,1-4H3;4-5H,1-3H3;3-4H,1-2H3. The van der Waals surface area contributed by atoms with E-state index < -0.39 is 0 Å². The van der Waals surface area contributed by atoms with Gasteiger partial charge in [0.2, 0.25) is 0 Å². The Morgan fingerprint density at radius 3 is 1.15 bits per heavy atom. The highest BCUT2D eigenvalue weighted by atomic mass is 15.1. The van der Waals surface area contributed by atoms with Crippen LogP contribution in [0.3, 0.4) is 0 Å². The Morgan fingerprint density at radius 1 is 0.444 bits per heavy atom. The van der Waals surface area contributed by atoms with Crippen molar-refractivity contribution in [3.8, 4) is 0 Å². The van der Waals surface area contributed by atoms with Crippen LogP contribution in [0.1, 0.15) is 50.6 Å². The van der Waals surface area contributed by atoms with Crippen LogP contribution in [0.25, 0.3) is 0 Å². The molecule has 0 saturated heterocycles. The van der Waals surface area contributed by atoms with Gasteiger partial charge in [-0.25, -0.2) is 0 Å². The topological polar surface area (TPSA) is 38.7 Å². The predicted octanol–water partition coefficient (Wildman–Crippen LogP) is 6.02. The smallest absolute Gasteiger partial charge is 0.0600 e. The molecule has 0 saturated carbocycles. The molecule has 144 valence electrons. The Bertz CT molecular complexity index is 818. The Morgan fingerprint density at radius 2 is 0.815 bits per heavy atom. The van der Waals surface area contributed by atoms with E-state index >= 15 is 0 Å². The second-order valence-corrected chi connectivity index (χ2v) is 7.12. The highest BCUT2D eigenvalue weighted by Gasteiger charge is 1.97. The molecule has 0 fully saturated rings. The number of benzene rings is 1. The third kappa shape index (κ3) is 7.69. The molecular formula is C24H33N3. The minimum atomic E-state index is 0.968. The van der Waals surface area contributed by atoms with Gasteiger partial charge in [-0.15, -0.1) is 0 Å². The molecule has 0 N–H and O–H groups in total. The molecule has 2 aromatic heterocycles. The number of hydrogen-bond acceptors (Lipinski definition) is 3. The molecule has 0 unspecified atom stereocenters. The van der Waals surface area contributed by atoms with E-state index in [0.717, 1.165) is 22.8 Å². The largest absolute Gasteiger partial charge is 0.258 e. The third-order valence-corrected chi connectivity index (χ3v) is 4.75. The van der Waals surface area contributed by atoms with Crippen LogP contribution in [0.2, 0.25) is 0 Å². The van der Waals surface area contributed by atoms with Gasteiger partial charge in [0.05, 0.1) is 11.4 Å². The molecule has 0 atom stereocenters. The van der Waals surface area contributed by atoms with E-state index in [1.54, 1.807) is 0 Å².